The lowest BCUT2D eigenvalue weighted by Gasteiger charge is -2.34. The van der Waals surface area contributed by atoms with Gasteiger partial charge in [-0.3, -0.25) is 13.9 Å². The van der Waals surface area contributed by atoms with Gasteiger partial charge in [-0.1, -0.05) is 74.7 Å². The lowest BCUT2D eigenvalue weighted by molar-refractivity contribution is -0.140. The zero-order valence-electron chi connectivity index (χ0n) is 26.4. The zero-order valence-corrected chi connectivity index (χ0v) is 27.2. The van der Waals surface area contributed by atoms with Crippen molar-refractivity contribution in [2.75, 3.05) is 10.8 Å². The normalized spacial score (nSPS) is 14.2. The Labute approximate surface area is 276 Å². The summed E-state index contributed by atoms with van der Waals surface area (Å²) in [6.45, 7) is 1.25. The fourth-order valence-corrected chi connectivity index (χ4v) is 7.24. The zero-order chi connectivity index (χ0) is 33.2. The number of hydrogen-bond donors (Lipinski definition) is 1. The van der Waals surface area contributed by atoms with Crippen LogP contribution in [0.5, 0.6) is 11.5 Å². The lowest BCUT2D eigenvalue weighted by atomic mass is 9.95. The van der Waals surface area contributed by atoms with E-state index in [4.69, 9.17) is 4.74 Å². The highest BCUT2D eigenvalue weighted by molar-refractivity contribution is 7.92. The van der Waals surface area contributed by atoms with Gasteiger partial charge in [0, 0.05) is 12.6 Å². The van der Waals surface area contributed by atoms with E-state index in [0.29, 0.717) is 23.5 Å². The number of halogens is 1. The van der Waals surface area contributed by atoms with Crippen molar-refractivity contribution in [1.82, 2.24) is 10.2 Å². The van der Waals surface area contributed by atoms with E-state index in [0.717, 1.165) is 36.4 Å². The fourth-order valence-electron chi connectivity index (χ4n) is 5.80. The molecule has 1 aliphatic carbocycles. The van der Waals surface area contributed by atoms with E-state index in [9.17, 15) is 22.4 Å². The Balaban J connectivity index is 1.47. The number of amides is 2. The van der Waals surface area contributed by atoms with E-state index in [1.54, 1.807) is 54.6 Å². The van der Waals surface area contributed by atoms with Crippen molar-refractivity contribution in [3.63, 3.8) is 0 Å². The minimum Gasteiger partial charge on any atom is -0.457 e. The van der Waals surface area contributed by atoms with Crippen LogP contribution in [0.25, 0.3) is 0 Å². The molecule has 8 nitrogen and oxygen atoms in total. The van der Waals surface area contributed by atoms with Gasteiger partial charge < -0.3 is 15.0 Å². The summed E-state index contributed by atoms with van der Waals surface area (Å²) in [5.74, 6) is -0.156. The maximum atomic E-state index is 14.3. The van der Waals surface area contributed by atoms with Crippen LogP contribution in [0.15, 0.2) is 114 Å². The number of benzene rings is 4. The second-order valence-corrected chi connectivity index (χ2v) is 13.5. The summed E-state index contributed by atoms with van der Waals surface area (Å²) in [5, 5.41) is 3.13. The lowest BCUT2D eigenvalue weighted by Crippen LogP contribution is -2.54. The predicted octanol–water partition coefficient (Wildman–Crippen LogP) is 7.07. The molecule has 0 bridgehead atoms. The van der Waals surface area contributed by atoms with E-state index < -0.39 is 34.3 Å². The molecule has 0 unspecified atom stereocenters. The number of ether oxygens (including phenoxy) is 1. The molecular weight excluding hydrogens is 617 g/mol. The van der Waals surface area contributed by atoms with Gasteiger partial charge in [-0.2, -0.15) is 0 Å². The van der Waals surface area contributed by atoms with Crippen LogP contribution in [-0.2, 0) is 26.2 Å². The van der Waals surface area contributed by atoms with Crippen LogP contribution in [0.3, 0.4) is 0 Å². The average Bonchev–Trinajstić information content (AvgIpc) is 3.09. The van der Waals surface area contributed by atoms with Gasteiger partial charge >= 0.3 is 0 Å². The van der Waals surface area contributed by atoms with Crippen LogP contribution in [0.1, 0.15) is 51.0 Å². The minimum atomic E-state index is -4.21. The molecule has 2 amide bonds. The molecule has 0 aromatic heterocycles. The SMILES string of the molecule is CC[C@H](C(=O)NC1CCCCC1)N(Cc1ccc(F)cc1)C(=O)CN(c1ccc(Oc2ccccc2)cc1)S(=O)(=O)c1ccccc1. The number of rotatable bonds is 13. The van der Waals surface area contributed by atoms with Crippen LogP contribution in [0.2, 0.25) is 0 Å². The van der Waals surface area contributed by atoms with Gasteiger partial charge in [-0.05, 0) is 85.5 Å². The van der Waals surface area contributed by atoms with Gasteiger partial charge in [0.1, 0.15) is 29.9 Å². The van der Waals surface area contributed by atoms with Crippen LogP contribution >= 0.6 is 0 Å². The fraction of sp³-hybridized carbons (Fsp3) is 0.297. The van der Waals surface area contributed by atoms with E-state index in [-0.39, 0.29) is 29.1 Å². The smallest absolute Gasteiger partial charge is 0.264 e. The third-order valence-electron chi connectivity index (χ3n) is 8.32. The molecule has 1 atom stereocenters. The predicted molar refractivity (Wildman–Crippen MR) is 180 cm³/mol. The molecule has 0 saturated heterocycles. The first-order valence-electron chi connectivity index (χ1n) is 16.0. The maximum absolute atomic E-state index is 14.3. The topological polar surface area (TPSA) is 96.0 Å². The molecule has 5 rings (SSSR count). The molecule has 1 fully saturated rings. The quantitative estimate of drug-likeness (QED) is 0.166. The standard InChI is InChI=1S/C37H40FN3O5S/c1-2-35(37(43)39-30-12-6-3-7-13-30)40(26-28-18-20-29(38)21-19-28)36(42)27-41(47(44,45)34-16-10-5-11-17-34)31-22-24-33(25-23-31)46-32-14-8-4-9-15-32/h4-5,8-11,14-25,30,35H,2-3,6-7,12-13,26-27H2,1H3,(H,39,43)/t35-/m1/s1. The number of nitrogens with zero attached hydrogens (tertiary/aromatic N) is 2. The minimum absolute atomic E-state index is 0.00121. The number of sulfonamides is 1. The largest absolute Gasteiger partial charge is 0.457 e. The Kier molecular flexibility index (Phi) is 11.3. The summed E-state index contributed by atoms with van der Waals surface area (Å²) in [6.07, 6.45) is 5.25. The van der Waals surface area contributed by atoms with Crippen molar-refractivity contribution in [3.8, 4) is 11.5 Å². The summed E-state index contributed by atoms with van der Waals surface area (Å²) in [7, 11) is -4.21. The molecule has 1 saturated carbocycles. The summed E-state index contributed by atoms with van der Waals surface area (Å²) >= 11 is 0. The first-order chi connectivity index (χ1) is 22.7. The second-order valence-electron chi connectivity index (χ2n) is 11.6. The highest BCUT2D eigenvalue weighted by atomic mass is 32.2. The highest BCUT2D eigenvalue weighted by Crippen LogP contribution is 2.29. The third kappa shape index (κ3) is 8.77. The van der Waals surface area contributed by atoms with Gasteiger partial charge in [0.05, 0.1) is 10.6 Å². The van der Waals surface area contributed by atoms with Crippen molar-refractivity contribution >= 4 is 27.5 Å². The van der Waals surface area contributed by atoms with Crippen molar-refractivity contribution in [2.45, 2.75) is 69.0 Å². The first-order valence-corrected chi connectivity index (χ1v) is 17.4. The Morgan fingerprint density at radius 2 is 1.43 bits per heavy atom. The first kappa shape index (κ1) is 33.7. The van der Waals surface area contributed by atoms with Crippen LogP contribution in [-0.4, -0.2) is 43.8 Å². The van der Waals surface area contributed by atoms with Crippen molar-refractivity contribution < 1.29 is 27.1 Å². The highest BCUT2D eigenvalue weighted by Gasteiger charge is 2.34. The van der Waals surface area contributed by atoms with E-state index in [1.165, 1.54) is 29.2 Å². The molecule has 47 heavy (non-hydrogen) atoms. The number of anilines is 1. The summed E-state index contributed by atoms with van der Waals surface area (Å²) < 4.78 is 48.9. The molecule has 4 aromatic rings. The molecule has 246 valence electrons. The number of carbonyl (C=O) groups excluding carboxylic acids is 2. The number of carbonyl (C=O) groups is 2. The summed E-state index contributed by atoms with van der Waals surface area (Å²) in [6, 6.07) is 28.4. The summed E-state index contributed by atoms with van der Waals surface area (Å²) in [5.41, 5.74) is 0.868. The number of nitrogens with one attached hydrogen (secondary N) is 1. The van der Waals surface area contributed by atoms with Crippen LogP contribution in [0.4, 0.5) is 10.1 Å². The molecule has 0 radical (unpaired) electrons. The Bertz CT molecular complexity index is 1710. The van der Waals surface area contributed by atoms with Crippen LogP contribution < -0.4 is 14.4 Å². The van der Waals surface area contributed by atoms with Crippen molar-refractivity contribution in [1.29, 1.82) is 0 Å². The van der Waals surface area contributed by atoms with E-state index in [2.05, 4.69) is 5.32 Å². The van der Waals surface area contributed by atoms with Gasteiger partial charge in [-0.15, -0.1) is 0 Å². The Hall–Kier alpha value is -4.70. The van der Waals surface area contributed by atoms with Gasteiger partial charge in [0.15, 0.2) is 0 Å². The van der Waals surface area contributed by atoms with E-state index >= 15 is 0 Å². The maximum Gasteiger partial charge on any atom is 0.264 e. The second kappa shape index (κ2) is 15.7. The van der Waals surface area contributed by atoms with Gasteiger partial charge in [0.2, 0.25) is 11.8 Å². The van der Waals surface area contributed by atoms with Crippen molar-refractivity contribution in [2.24, 2.45) is 0 Å². The average molecular weight is 658 g/mol. The number of para-hydroxylation sites is 1. The number of hydrogen-bond acceptors (Lipinski definition) is 5. The molecule has 4 aromatic carbocycles. The molecule has 0 aliphatic heterocycles. The van der Waals surface area contributed by atoms with Gasteiger partial charge in [0.25, 0.3) is 10.0 Å². The molecule has 1 N–H and O–H groups in total. The molecule has 0 heterocycles. The van der Waals surface area contributed by atoms with E-state index in [1.807, 2.05) is 37.3 Å². The Morgan fingerprint density at radius 1 is 0.830 bits per heavy atom. The molecular formula is C37H40FN3O5S. The molecule has 10 heteroatoms. The molecule has 1 aliphatic rings. The van der Waals surface area contributed by atoms with Gasteiger partial charge in [-0.25, -0.2) is 12.8 Å². The Morgan fingerprint density at radius 3 is 2.04 bits per heavy atom. The third-order valence-corrected chi connectivity index (χ3v) is 10.1. The van der Waals surface area contributed by atoms with Crippen molar-refractivity contribution in [3.05, 3.63) is 121 Å². The monoisotopic (exact) mass is 657 g/mol. The van der Waals surface area contributed by atoms with Crippen LogP contribution in [0, 0.1) is 5.82 Å². The summed E-state index contributed by atoms with van der Waals surface area (Å²) in [4.78, 5) is 29.4. The molecule has 0 spiro atoms.